The first kappa shape index (κ1) is 23.4. The van der Waals surface area contributed by atoms with Crippen molar-refractivity contribution in [2.75, 3.05) is 22.4 Å². The van der Waals surface area contributed by atoms with Crippen LogP contribution in [0.5, 0.6) is 0 Å². The van der Waals surface area contributed by atoms with Crippen molar-refractivity contribution >= 4 is 33.2 Å². The molecule has 2 aromatic carbocycles. The molecule has 0 spiro atoms. The highest BCUT2D eigenvalue weighted by molar-refractivity contribution is 7.92. The first-order chi connectivity index (χ1) is 14.2. The van der Waals surface area contributed by atoms with E-state index in [1.165, 1.54) is 0 Å². The Labute approximate surface area is 178 Å². The molecule has 0 aliphatic heterocycles. The van der Waals surface area contributed by atoms with Gasteiger partial charge < -0.3 is 10.6 Å². The van der Waals surface area contributed by atoms with E-state index in [-0.39, 0.29) is 11.9 Å². The van der Waals surface area contributed by atoms with E-state index < -0.39 is 22.5 Å². The number of aryl methyl sites for hydroxylation is 1. The second-order valence-electron chi connectivity index (χ2n) is 7.13. The molecule has 8 heteroatoms. The monoisotopic (exact) mass is 431 g/mol. The maximum absolute atomic E-state index is 12.7. The van der Waals surface area contributed by atoms with Gasteiger partial charge in [0.05, 0.1) is 23.2 Å². The molecular weight excluding hydrogens is 402 g/mol. The minimum atomic E-state index is -3.69. The van der Waals surface area contributed by atoms with Crippen molar-refractivity contribution in [2.24, 2.45) is 0 Å². The van der Waals surface area contributed by atoms with Crippen LogP contribution in [0.25, 0.3) is 0 Å². The molecule has 7 nitrogen and oxygen atoms in total. The summed E-state index contributed by atoms with van der Waals surface area (Å²) in [6.45, 7) is 5.39. The molecule has 2 N–H and O–H groups in total. The number of nitrogens with zero attached hydrogens (tertiary/aromatic N) is 1. The lowest BCUT2D eigenvalue weighted by molar-refractivity contribution is -0.114. The standard InChI is InChI=1S/C22H29N3O4S/c1-5-16(3)23-22(27)18-12-8-9-13-19(18)24-21(26)15-25(30(4,28)29)20-14-10-7-11-17(20)6-2/h7-14,16H,5-6,15H2,1-4H3,(H,23,27)(H,24,26). The molecule has 30 heavy (non-hydrogen) atoms. The van der Waals surface area contributed by atoms with Crippen LogP contribution in [0.3, 0.4) is 0 Å². The smallest absolute Gasteiger partial charge is 0.253 e. The van der Waals surface area contributed by atoms with E-state index in [9.17, 15) is 18.0 Å². The number of carbonyl (C=O) groups excluding carboxylic acids is 2. The second kappa shape index (κ2) is 10.2. The van der Waals surface area contributed by atoms with Crippen molar-refractivity contribution in [2.45, 2.75) is 39.7 Å². The van der Waals surface area contributed by atoms with Crippen molar-refractivity contribution in [1.29, 1.82) is 0 Å². The molecular formula is C22H29N3O4S. The number of hydrogen-bond acceptors (Lipinski definition) is 4. The normalized spacial score (nSPS) is 12.1. The molecule has 0 saturated carbocycles. The summed E-state index contributed by atoms with van der Waals surface area (Å²) >= 11 is 0. The van der Waals surface area contributed by atoms with E-state index in [2.05, 4.69) is 10.6 Å². The summed E-state index contributed by atoms with van der Waals surface area (Å²) in [6.07, 6.45) is 2.48. The van der Waals surface area contributed by atoms with Gasteiger partial charge in [-0.3, -0.25) is 13.9 Å². The number of benzene rings is 2. The average molecular weight is 432 g/mol. The number of rotatable bonds is 9. The molecule has 0 aromatic heterocycles. The van der Waals surface area contributed by atoms with Gasteiger partial charge in [0.15, 0.2) is 0 Å². The summed E-state index contributed by atoms with van der Waals surface area (Å²) < 4.78 is 25.9. The molecule has 2 amide bonds. The summed E-state index contributed by atoms with van der Waals surface area (Å²) in [5, 5.41) is 5.56. The van der Waals surface area contributed by atoms with Crippen LogP contribution in [0.2, 0.25) is 0 Å². The van der Waals surface area contributed by atoms with Crippen molar-refractivity contribution in [3.05, 3.63) is 59.7 Å². The Balaban J connectivity index is 2.26. The van der Waals surface area contributed by atoms with Crippen LogP contribution in [-0.2, 0) is 21.2 Å². The van der Waals surface area contributed by atoms with Crippen molar-refractivity contribution in [3.8, 4) is 0 Å². The molecule has 0 saturated heterocycles. The predicted molar refractivity (Wildman–Crippen MR) is 120 cm³/mol. The largest absolute Gasteiger partial charge is 0.350 e. The Hall–Kier alpha value is -2.87. The Bertz CT molecular complexity index is 1000. The molecule has 0 aliphatic rings. The highest BCUT2D eigenvalue weighted by atomic mass is 32.2. The quantitative estimate of drug-likeness (QED) is 0.637. The highest BCUT2D eigenvalue weighted by Gasteiger charge is 2.23. The van der Waals surface area contributed by atoms with Gasteiger partial charge in [-0.15, -0.1) is 0 Å². The van der Waals surface area contributed by atoms with Gasteiger partial charge in [0.25, 0.3) is 5.91 Å². The molecule has 162 valence electrons. The summed E-state index contributed by atoms with van der Waals surface area (Å²) in [6, 6.07) is 13.7. The van der Waals surface area contributed by atoms with Gasteiger partial charge in [0.1, 0.15) is 6.54 Å². The number of amides is 2. The van der Waals surface area contributed by atoms with Crippen LogP contribution < -0.4 is 14.9 Å². The van der Waals surface area contributed by atoms with Gasteiger partial charge in [0, 0.05) is 6.04 Å². The van der Waals surface area contributed by atoms with E-state index >= 15 is 0 Å². The molecule has 0 bridgehead atoms. The Kier molecular flexibility index (Phi) is 8.00. The summed E-state index contributed by atoms with van der Waals surface area (Å²) in [5.74, 6) is -0.827. The lowest BCUT2D eigenvalue weighted by atomic mass is 10.1. The van der Waals surface area contributed by atoms with E-state index in [4.69, 9.17) is 0 Å². The number of nitrogens with one attached hydrogen (secondary N) is 2. The lowest BCUT2D eigenvalue weighted by Gasteiger charge is -2.24. The Morgan fingerprint density at radius 2 is 1.67 bits per heavy atom. The van der Waals surface area contributed by atoms with Crippen LogP contribution in [0.15, 0.2) is 48.5 Å². The fraction of sp³-hybridized carbons (Fsp3) is 0.364. The zero-order valence-electron chi connectivity index (χ0n) is 17.8. The molecule has 2 aromatic rings. The average Bonchev–Trinajstić information content (AvgIpc) is 2.71. The maximum atomic E-state index is 12.7. The van der Waals surface area contributed by atoms with Gasteiger partial charge in [-0.25, -0.2) is 8.42 Å². The van der Waals surface area contributed by atoms with E-state index in [0.29, 0.717) is 23.4 Å². The van der Waals surface area contributed by atoms with Crippen molar-refractivity contribution in [1.82, 2.24) is 5.32 Å². The molecule has 1 unspecified atom stereocenters. The first-order valence-electron chi connectivity index (χ1n) is 9.92. The van der Waals surface area contributed by atoms with Crippen molar-refractivity contribution in [3.63, 3.8) is 0 Å². The lowest BCUT2D eigenvalue weighted by Crippen LogP contribution is -2.38. The Morgan fingerprint density at radius 3 is 2.30 bits per heavy atom. The van der Waals surface area contributed by atoms with Crippen LogP contribution in [-0.4, -0.2) is 39.1 Å². The minimum Gasteiger partial charge on any atom is -0.350 e. The number of para-hydroxylation sites is 2. The SMILES string of the molecule is CCc1ccccc1N(CC(=O)Nc1ccccc1C(=O)NC(C)CC)S(C)(=O)=O. The number of anilines is 2. The maximum Gasteiger partial charge on any atom is 0.253 e. The molecule has 0 heterocycles. The van der Waals surface area contributed by atoms with E-state index in [0.717, 1.165) is 22.5 Å². The summed E-state index contributed by atoms with van der Waals surface area (Å²) in [4.78, 5) is 25.3. The fourth-order valence-corrected chi connectivity index (χ4v) is 3.84. The minimum absolute atomic E-state index is 0.00692. The third-order valence-electron chi connectivity index (χ3n) is 4.76. The van der Waals surface area contributed by atoms with Gasteiger partial charge in [0.2, 0.25) is 15.9 Å². The number of sulfonamides is 1. The summed E-state index contributed by atoms with van der Waals surface area (Å²) in [5.41, 5.74) is 1.95. The van der Waals surface area contributed by atoms with Gasteiger partial charge in [-0.2, -0.15) is 0 Å². The van der Waals surface area contributed by atoms with Gasteiger partial charge >= 0.3 is 0 Å². The van der Waals surface area contributed by atoms with Crippen molar-refractivity contribution < 1.29 is 18.0 Å². The van der Waals surface area contributed by atoms with E-state index in [1.54, 1.807) is 36.4 Å². The Morgan fingerprint density at radius 1 is 1.03 bits per heavy atom. The topological polar surface area (TPSA) is 95.6 Å². The molecule has 1 atom stereocenters. The molecule has 0 radical (unpaired) electrons. The third kappa shape index (κ3) is 6.06. The highest BCUT2D eigenvalue weighted by Crippen LogP contribution is 2.24. The second-order valence-corrected chi connectivity index (χ2v) is 9.04. The first-order valence-corrected chi connectivity index (χ1v) is 11.8. The predicted octanol–water partition coefficient (Wildman–Crippen LogP) is 3.18. The third-order valence-corrected chi connectivity index (χ3v) is 5.89. The van der Waals surface area contributed by atoms with Crippen LogP contribution in [0.1, 0.15) is 43.1 Å². The number of hydrogen-bond donors (Lipinski definition) is 2. The summed E-state index contributed by atoms with van der Waals surface area (Å²) in [7, 11) is -3.69. The van der Waals surface area contributed by atoms with Gasteiger partial charge in [-0.1, -0.05) is 44.2 Å². The number of carbonyl (C=O) groups is 2. The molecule has 0 fully saturated rings. The zero-order chi connectivity index (χ0) is 22.3. The zero-order valence-corrected chi connectivity index (χ0v) is 18.6. The molecule has 0 aliphatic carbocycles. The van der Waals surface area contributed by atoms with Gasteiger partial charge in [-0.05, 0) is 43.5 Å². The van der Waals surface area contributed by atoms with Crippen LogP contribution in [0, 0.1) is 0 Å². The molecule has 2 rings (SSSR count). The van der Waals surface area contributed by atoms with Crippen LogP contribution >= 0.6 is 0 Å². The fourth-order valence-electron chi connectivity index (χ4n) is 2.95. The van der Waals surface area contributed by atoms with E-state index in [1.807, 2.05) is 32.9 Å². The van der Waals surface area contributed by atoms with Crippen LogP contribution in [0.4, 0.5) is 11.4 Å².